The Morgan fingerprint density at radius 3 is 2.86 bits per heavy atom. The molecule has 2 rings (SSSR count). The summed E-state index contributed by atoms with van der Waals surface area (Å²) in [6.45, 7) is 0.312. The van der Waals surface area contributed by atoms with E-state index >= 15 is 0 Å². The van der Waals surface area contributed by atoms with Gasteiger partial charge in [-0.2, -0.15) is 0 Å². The van der Waals surface area contributed by atoms with Crippen molar-refractivity contribution in [2.24, 2.45) is 0 Å². The maximum atomic E-state index is 12.0. The normalized spacial score (nSPS) is 10.1. The average molecular weight is 307 g/mol. The summed E-state index contributed by atoms with van der Waals surface area (Å²) in [6.07, 6.45) is 3.15. The van der Waals surface area contributed by atoms with Crippen LogP contribution in [0.15, 0.2) is 36.7 Å². The van der Waals surface area contributed by atoms with Gasteiger partial charge in [0.25, 0.3) is 11.6 Å². The predicted molar refractivity (Wildman–Crippen MR) is 76.2 cm³/mol. The molecule has 0 bridgehead atoms. The van der Waals surface area contributed by atoms with Gasteiger partial charge in [-0.3, -0.25) is 19.9 Å². The second-order valence-corrected chi connectivity index (χ2v) is 4.50. The average Bonchev–Trinajstić information content (AvgIpc) is 2.47. The highest BCUT2D eigenvalue weighted by Gasteiger charge is 2.21. The number of nitro groups is 1. The van der Waals surface area contributed by atoms with Crippen molar-refractivity contribution in [2.75, 3.05) is 6.54 Å². The molecule has 108 valence electrons. The molecule has 0 saturated carbocycles. The van der Waals surface area contributed by atoms with Crippen LogP contribution in [0, 0.1) is 10.1 Å². The molecule has 0 aromatic carbocycles. The molecule has 8 heteroatoms. The van der Waals surface area contributed by atoms with Crippen LogP contribution in [0.5, 0.6) is 0 Å². The van der Waals surface area contributed by atoms with Gasteiger partial charge in [-0.05, 0) is 18.2 Å². The number of pyridine rings is 2. The molecule has 1 N–H and O–H groups in total. The number of carbonyl (C=O) groups excluding carboxylic acids is 1. The van der Waals surface area contributed by atoms with Crippen LogP contribution in [0.1, 0.15) is 16.1 Å². The van der Waals surface area contributed by atoms with Gasteiger partial charge < -0.3 is 5.32 Å². The lowest BCUT2D eigenvalue weighted by atomic mass is 10.2. The summed E-state index contributed by atoms with van der Waals surface area (Å²) in [6, 6.07) is 6.65. The van der Waals surface area contributed by atoms with Crippen LogP contribution in [0.2, 0.25) is 5.15 Å². The minimum atomic E-state index is -0.670. The third kappa shape index (κ3) is 3.96. The van der Waals surface area contributed by atoms with Gasteiger partial charge in [-0.25, -0.2) is 4.98 Å². The molecule has 1 amide bonds. The molecule has 0 atom stereocenters. The summed E-state index contributed by atoms with van der Waals surface area (Å²) in [4.78, 5) is 29.9. The zero-order chi connectivity index (χ0) is 15.2. The van der Waals surface area contributed by atoms with E-state index in [1.54, 1.807) is 12.3 Å². The van der Waals surface area contributed by atoms with Crippen molar-refractivity contribution < 1.29 is 9.72 Å². The molecule has 7 nitrogen and oxygen atoms in total. The van der Waals surface area contributed by atoms with Gasteiger partial charge in [0.2, 0.25) is 0 Å². The highest BCUT2D eigenvalue weighted by molar-refractivity contribution is 6.29. The number of aromatic nitrogens is 2. The molecule has 21 heavy (non-hydrogen) atoms. The van der Waals surface area contributed by atoms with Crippen molar-refractivity contribution in [1.29, 1.82) is 0 Å². The summed E-state index contributed by atoms with van der Waals surface area (Å²) in [5, 5.41) is 13.5. The smallest absolute Gasteiger partial charge is 0.300 e. The Kier molecular flexibility index (Phi) is 4.78. The summed E-state index contributed by atoms with van der Waals surface area (Å²) in [5.41, 5.74) is 0.329. The van der Waals surface area contributed by atoms with Crippen molar-refractivity contribution >= 4 is 23.2 Å². The first-order chi connectivity index (χ1) is 10.1. The molecular weight excluding hydrogens is 296 g/mol. The lowest BCUT2D eigenvalue weighted by Crippen LogP contribution is -2.26. The molecule has 0 saturated heterocycles. The van der Waals surface area contributed by atoms with Crippen molar-refractivity contribution in [3.63, 3.8) is 0 Å². The number of halogens is 1. The second kappa shape index (κ2) is 6.76. The predicted octanol–water partition coefficient (Wildman–Crippen LogP) is 2.01. The van der Waals surface area contributed by atoms with E-state index in [1.807, 2.05) is 12.1 Å². The molecule has 0 fully saturated rings. The zero-order valence-electron chi connectivity index (χ0n) is 10.8. The van der Waals surface area contributed by atoms with E-state index in [0.29, 0.717) is 13.0 Å². The van der Waals surface area contributed by atoms with Crippen LogP contribution in [0.4, 0.5) is 5.69 Å². The summed E-state index contributed by atoms with van der Waals surface area (Å²) < 4.78 is 0. The Morgan fingerprint density at radius 1 is 1.38 bits per heavy atom. The van der Waals surface area contributed by atoms with Gasteiger partial charge >= 0.3 is 0 Å². The molecule has 0 spiro atoms. The number of carbonyl (C=O) groups is 1. The molecule has 2 heterocycles. The van der Waals surface area contributed by atoms with E-state index in [9.17, 15) is 14.9 Å². The third-order valence-electron chi connectivity index (χ3n) is 2.68. The lowest BCUT2D eigenvalue weighted by molar-refractivity contribution is -0.385. The minimum Gasteiger partial charge on any atom is -0.351 e. The Balaban J connectivity index is 2.03. The van der Waals surface area contributed by atoms with Gasteiger partial charge in [0.15, 0.2) is 0 Å². The summed E-state index contributed by atoms with van der Waals surface area (Å²) in [7, 11) is 0. The first kappa shape index (κ1) is 14.9. The van der Waals surface area contributed by atoms with E-state index in [2.05, 4.69) is 15.3 Å². The van der Waals surface area contributed by atoms with Crippen LogP contribution in [0.25, 0.3) is 0 Å². The van der Waals surface area contributed by atoms with Gasteiger partial charge in [0, 0.05) is 24.9 Å². The largest absolute Gasteiger partial charge is 0.351 e. The van der Waals surface area contributed by atoms with Crippen LogP contribution in [-0.2, 0) is 6.42 Å². The molecule has 0 unspecified atom stereocenters. The fourth-order valence-corrected chi connectivity index (χ4v) is 1.85. The Labute approximate surface area is 125 Å². The molecular formula is C13H11ClN4O3. The molecule has 0 aliphatic heterocycles. The van der Waals surface area contributed by atoms with E-state index in [-0.39, 0.29) is 16.4 Å². The topological polar surface area (TPSA) is 98.0 Å². The van der Waals surface area contributed by atoms with Gasteiger partial charge in [0.05, 0.1) is 4.92 Å². The number of nitrogens with zero attached hydrogens (tertiary/aromatic N) is 3. The number of nitrogens with one attached hydrogen (secondary N) is 1. The Morgan fingerprint density at radius 2 is 2.19 bits per heavy atom. The standard InChI is InChI=1S/C13H11ClN4O3/c14-12-7-10(11(8-17-12)18(20)21)13(19)16-6-4-9-3-1-2-5-15-9/h1-3,5,7-8H,4,6H2,(H,16,19). The van der Waals surface area contributed by atoms with E-state index in [4.69, 9.17) is 11.6 Å². The number of hydrogen-bond acceptors (Lipinski definition) is 5. The summed E-state index contributed by atoms with van der Waals surface area (Å²) >= 11 is 5.67. The van der Waals surface area contributed by atoms with Crippen LogP contribution in [0.3, 0.4) is 0 Å². The Bertz CT molecular complexity index is 664. The van der Waals surface area contributed by atoms with Gasteiger partial charge in [-0.15, -0.1) is 0 Å². The molecule has 0 aliphatic carbocycles. The van der Waals surface area contributed by atoms with Gasteiger partial charge in [-0.1, -0.05) is 17.7 Å². The van der Waals surface area contributed by atoms with Crippen molar-refractivity contribution in [2.45, 2.75) is 6.42 Å². The Hall–Kier alpha value is -2.54. The second-order valence-electron chi connectivity index (χ2n) is 4.11. The fraction of sp³-hybridized carbons (Fsp3) is 0.154. The quantitative estimate of drug-likeness (QED) is 0.517. The summed E-state index contributed by atoms with van der Waals surface area (Å²) in [5.74, 6) is -0.568. The third-order valence-corrected chi connectivity index (χ3v) is 2.89. The molecule has 0 aliphatic rings. The highest BCUT2D eigenvalue weighted by Crippen LogP contribution is 2.20. The van der Waals surface area contributed by atoms with Crippen molar-refractivity contribution in [3.05, 3.63) is 63.2 Å². The molecule has 0 radical (unpaired) electrons. The van der Waals surface area contributed by atoms with Crippen LogP contribution < -0.4 is 5.32 Å². The zero-order valence-corrected chi connectivity index (χ0v) is 11.6. The van der Waals surface area contributed by atoms with Crippen LogP contribution >= 0.6 is 11.6 Å². The SMILES string of the molecule is O=C(NCCc1ccccn1)c1cc(Cl)ncc1[N+](=O)[O-]. The fourth-order valence-electron chi connectivity index (χ4n) is 1.70. The maximum absolute atomic E-state index is 12.0. The first-order valence-corrected chi connectivity index (χ1v) is 6.44. The highest BCUT2D eigenvalue weighted by atomic mass is 35.5. The van der Waals surface area contributed by atoms with Crippen LogP contribution in [-0.4, -0.2) is 27.3 Å². The minimum absolute atomic E-state index is 0.0236. The first-order valence-electron chi connectivity index (χ1n) is 6.06. The number of hydrogen-bond donors (Lipinski definition) is 1. The van der Waals surface area contributed by atoms with E-state index in [1.165, 1.54) is 6.07 Å². The number of amides is 1. The van der Waals surface area contributed by atoms with E-state index < -0.39 is 10.8 Å². The van der Waals surface area contributed by atoms with E-state index in [0.717, 1.165) is 11.9 Å². The molecule has 2 aromatic heterocycles. The number of rotatable bonds is 5. The van der Waals surface area contributed by atoms with Crippen molar-refractivity contribution in [1.82, 2.24) is 15.3 Å². The lowest BCUT2D eigenvalue weighted by Gasteiger charge is -2.05. The maximum Gasteiger partial charge on any atom is 0.300 e. The molecule has 2 aromatic rings. The van der Waals surface area contributed by atoms with Gasteiger partial charge in [0.1, 0.15) is 16.9 Å². The van der Waals surface area contributed by atoms with Crippen molar-refractivity contribution in [3.8, 4) is 0 Å². The monoisotopic (exact) mass is 306 g/mol.